The van der Waals surface area contributed by atoms with Crippen LogP contribution in [0, 0.1) is 17.8 Å². The minimum absolute atomic E-state index is 0.0415. The van der Waals surface area contributed by atoms with Crippen LogP contribution in [0.2, 0.25) is 0 Å². The highest BCUT2D eigenvalue weighted by Crippen LogP contribution is 2.37. The molecule has 2 saturated carbocycles. The quantitative estimate of drug-likeness (QED) is 0.199. The van der Waals surface area contributed by atoms with E-state index in [1.165, 1.54) is 11.3 Å². The fourth-order valence-electron chi connectivity index (χ4n) is 6.13. The van der Waals surface area contributed by atoms with E-state index in [1.807, 2.05) is 18.3 Å². The average Bonchev–Trinajstić information content (AvgIpc) is 3.50. The average molecular weight is 579 g/mol. The number of carbonyl (C=O) groups excluding carboxylic acids is 1. The minimum Gasteiger partial charge on any atom is -0.497 e. The first kappa shape index (κ1) is 31.0. The van der Waals surface area contributed by atoms with E-state index in [-0.39, 0.29) is 17.9 Å². The van der Waals surface area contributed by atoms with Gasteiger partial charge in [0.25, 0.3) is 5.19 Å². The molecule has 0 bridgehead atoms. The number of methoxy groups -OCH3 is 3. The third-order valence-electron chi connectivity index (χ3n) is 8.70. The predicted molar refractivity (Wildman–Crippen MR) is 168 cm³/mol. The summed E-state index contributed by atoms with van der Waals surface area (Å²) in [5.41, 5.74) is 4.34. The minimum atomic E-state index is 0.0415. The summed E-state index contributed by atoms with van der Waals surface area (Å²) in [5, 5.41) is 0.640. The van der Waals surface area contributed by atoms with Gasteiger partial charge in [-0.15, -0.1) is 0 Å². The van der Waals surface area contributed by atoms with E-state index >= 15 is 0 Å². The molecule has 7 heteroatoms. The number of carbonyl (C=O) groups is 1. The summed E-state index contributed by atoms with van der Waals surface area (Å²) in [6.45, 7) is 9.23. The van der Waals surface area contributed by atoms with Crippen LogP contribution in [-0.4, -0.2) is 44.9 Å². The number of allylic oxidation sites excluding steroid dienone is 4. The van der Waals surface area contributed by atoms with Gasteiger partial charge in [-0.1, -0.05) is 41.7 Å². The van der Waals surface area contributed by atoms with E-state index in [4.69, 9.17) is 14.2 Å². The summed E-state index contributed by atoms with van der Waals surface area (Å²) in [7, 11) is 5.12. The molecule has 4 rings (SSSR count). The predicted octanol–water partition coefficient (Wildman–Crippen LogP) is 8.22. The van der Waals surface area contributed by atoms with Gasteiger partial charge in [0.2, 0.25) is 5.91 Å². The van der Waals surface area contributed by atoms with Crippen molar-refractivity contribution in [1.82, 2.24) is 4.98 Å². The van der Waals surface area contributed by atoms with Gasteiger partial charge < -0.3 is 19.1 Å². The number of anilines is 1. The van der Waals surface area contributed by atoms with Crippen molar-refractivity contribution >= 4 is 22.9 Å². The zero-order chi connectivity index (χ0) is 29.4. The Kier molecular flexibility index (Phi) is 11.2. The van der Waals surface area contributed by atoms with Crippen molar-refractivity contribution in [3.05, 3.63) is 66.1 Å². The largest absolute Gasteiger partial charge is 0.497 e. The van der Waals surface area contributed by atoms with Crippen LogP contribution >= 0.6 is 11.3 Å². The van der Waals surface area contributed by atoms with E-state index in [0.717, 1.165) is 90.9 Å². The summed E-state index contributed by atoms with van der Waals surface area (Å²) in [6.07, 6.45) is 14.3. The highest BCUT2D eigenvalue weighted by Gasteiger charge is 2.33. The van der Waals surface area contributed by atoms with E-state index in [0.29, 0.717) is 17.0 Å². The Morgan fingerprint density at radius 1 is 1.02 bits per heavy atom. The summed E-state index contributed by atoms with van der Waals surface area (Å²) in [4.78, 5) is 21.5. The van der Waals surface area contributed by atoms with Crippen molar-refractivity contribution in [2.75, 3.05) is 32.8 Å². The van der Waals surface area contributed by atoms with Crippen LogP contribution in [-0.2, 0) is 14.3 Å². The van der Waals surface area contributed by atoms with Crippen molar-refractivity contribution in [2.45, 2.75) is 71.3 Å². The van der Waals surface area contributed by atoms with Crippen LogP contribution < -0.4 is 9.64 Å². The highest BCUT2D eigenvalue weighted by atomic mass is 32.1. The van der Waals surface area contributed by atoms with Gasteiger partial charge in [-0.3, -0.25) is 4.79 Å². The van der Waals surface area contributed by atoms with Crippen LogP contribution in [0.5, 0.6) is 5.19 Å². The van der Waals surface area contributed by atoms with Crippen LogP contribution in [0.4, 0.5) is 5.69 Å². The number of benzene rings is 1. The molecule has 1 aromatic heterocycles. The summed E-state index contributed by atoms with van der Waals surface area (Å²) in [5.74, 6) is 2.12. The van der Waals surface area contributed by atoms with Gasteiger partial charge in [0.1, 0.15) is 5.76 Å². The maximum absolute atomic E-state index is 14.1. The molecule has 0 atom stereocenters. The van der Waals surface area contributed by atoms with Crippen molar-refractivity contribution in [3.8, 4) is 15.6 Å². The molecular formula is C34H46N2O4S. The van der Waals surface area contributed by atoms with E-state index in [2.05, 4.69) is 54.6 Å². The smallest absolute Gasteiger partial charge is 0.273 e. The van der Waals surface area contributed by atoms with Gasteiger partial charge in [0.05, 0.1) is 25.2 Å². The third-order valence-corrected chi connectivity index (χ3v) is 9.71. The Balaban J connectivity index is 1.48. The highest BCUT2D eigenvalue weighted by molar-refractivity contribution is 7.16. The molecule has 2 aromatic rings. The van der Waals surface area contributed by atoms with Crippen molar-refractivity contribution in [3.63, 3.8) is 0 Å². The monoisotopic (exact) mass is 578 g/mol. The first-order valence-corrected chi connectivity index (χ1v) is 15.7. The number of amides is 1. The number of rotatable bonds is 11. The first-order valence-electron chi connectivity index (χ1n) is 14.9. The molecule has 0 N–H and O–H groups in total. The van der Waals surface area contributed by atoms with Gasteiger partial charge in [0, 0.05) is 31.5 Å². The number of hydrogen-bond acceptors (Lipinski definition) is 6. The molecule has 41 heavy (non-hydrogen) atoms. The Labute approximate surface area is 250 Å². The number of aromatic nitrogens is 1. The lowest BCUT2D eigenvalue weighted by Gasteiger charge is -2.36. The molecule has 1 aromatic carbocycles. The lowest BCUT2D eigenvalue weighted by molar-refractivity contribution is -0.124. The second-order valence-corrected chi connectivity index (χ2v) is 12.6. The number of ether oxygens (including phenoxy) is 3. The first-order chi connectivity index (χ1) is 19.8. The molecular weight excluding hydrogens is 532 g/mol. The molecule has 0 spiro atoms. The Hall–Kier alpha value is -2.90. The molecule has 2 fully saturated rings. The van der Waals surface area contributed by atoms with E-state index < -0.39 is 0 Å². The van der Waals surface area contributed by atoms with E-state index in [1.54, 1.807) is 21.3 Å². The third kappa shape index (κ3) is 8.10. The Morgan fingerprint density at radius 3 is 2.34 bits per heavy atom. The zero-order valence-corrected chi connectivity index (χ0v) is 26.2. The second-order valence-electron chi connectivity index (χ2n) is 11.6. The molecule has 222 valence electrons. The topological polar surface area (TPSA) is 60.9 Å². The molecule has 1 amide bonds. The van der Waals surface area contributed by atoms with Crippen LogP contribution in [0.3, 0.4) is 0 Å². The van der Waals surface area contributed by atoms with Crippen LogP contribution in [0.15, 0.2) is 66.1 Å². The molecule has 2 aliphatic carbocycles. The zero-order valence-electron chi connectivity index (χ0n) is 25.4. The fraction of sp³-hybridized carbons (Fsp3) is 0.529. The van der Waals surface area contributed by atoms with Crippen LogP contribution in [0.25, 0.3) is 10.4 Å². The van der Waals surface area contributed by atoms with Gasteiger partial charge in [0.15, 0.2) is 0 Å². The summed E-state index contributed by atoms with van der Waals surface area (Å²) >= 11 is 1.52. The SMILES string of the molecule is C=C(/C=C\C(OC)=C(C)C)[C@H]1CC[C@H](CN(c2cccc(-c3cnc(OC)s3)c2)C(=O)[C@H]2CC[C@H](OC)CC2)CC1. The second kappa shape index (κ2) is 14.8. The maximum atomic E-state index is 14.1. The summed E-state index contributed by atoms with van der Waals surface area (Å²) < 4.78 is 16.4. The molecule has 0 saturated heterocycles. The van der Waals surface area contributed by atoms with Crippen molar-refractivity contribution in [1.29, 1.82) is 0 Å². The molecule has 0 radical (unpaired) electrons. The van der Waals surface area contributed by atoms with Crippen molar-refractivity contribution in [2.24, 2.45) is 17.8 Å². The maximum Gasteiger partial charge on any atom is 0.273 e. The molecule has 0 aliphatic heterocycles. The fourth-order valence-corrected chi connectivity index (χ4v) is 6.86. The van der Waals surface area contributed by atoms with Crippen LogP contribution in [0.1, 0.15) is 65.2 Å². The number of hydrogen-bond donors (Lipinski definition) is 0. The lowest BCUT2D eigenvalue weighted by Crippen LogP contribution is -2.42. The van der Waals surface area contributed by atoms with E-state index in [9.17, 15) is 4.79 Å². The standard InChI is InChI=1S/C34H46N2O4S/c1-23(2)31(39-5)19-10-24(3)26-13-11-25(12-14-26)22-36(33(37)27-15-17-30(38-4)18-16-27)29-9-7-8-28(20-29)32-21-35-34(40-6)41-32/h7-10,19-21,25-27,30H,3,11-18,22H2,1-2,4-6H3/b19-10-/t25-,26-,27-,30-. The van der Waals surface area contributed by atoms with Gasteiger partial charge in [-0.25, -0.2) is 4.98 Å². The van der Waals surface area contributed by atoms with Gasteiger partial charge >= 0.3 is 0 Å². The number of thiazole rings is 1. The molecule has 6 nitrogen and oxygen atoms in total. The molecule has 2 aliphatic rings. The normalized spacial score (nSPS) is 22.8. The Morgan fingerprint density at radius 2 is 1.73 bits per heavy atom. The molecule has 0 unspecified atom stereocenters. The lowest BCUT2D eigenvalue weighted by atomic mass is 9.78. The van der Waals surface area contributed by atoms with Crippen molar-refractivity contribution < 1.29 is 19.0 Å². The molecule has 1 heterocycles. The number of nitrogens with zero attached hydrogens (tertiary/aromatic N) is 2. The van der Waals surface area contributed by atoms with Gasteiger partial charge in [-0.05, 0) is 106 Å². The Bertz CT molecular complexity index is 1230. The summed E-state index contributed by atoms with van der Waals surface area (Å²) in [6, 6.07) is 8.35. The van der Waals surface area contributed by atoms with Gasteiger partial charge in [-0.2, -0.15) is 0 Å².